The number of ether oxygens (including phenoxy) is 4. The fraction of sp³-hybridized carbons (Fsp3) is 0.273. The summed E-state index contributed by atoms with van der Waals surface area (Å²) in [5, 5.41) is 0.843. The second kappa shape index (κ2) is 9.73. The van der Waals surface area contributed by atoms with Crippen molar-refractivity contribution in [3.63, 3.8) is 0 Å². The first kappa shape index (κ1) is 20.4. The maximum absolute atomic E-state index is 6.10. The van der Waals surface area contributed by atoms with Gasteiger partial charge in [-0.05, 0) is 24.3 Å². The molecule has 2 N–H and O–H groups in total. The number of benzene rings is 2. The Kier molecular flexibility index (Phi) is 6.85. The van der Waals surface area contributed by atoms with Crippen LogP contribution in [-0.2, 0) is 9.47 Å². The quantitative estimate of drug-likeness (QED) is 0.340. The highest BCUT2D eigenvalue weighted by atomic mass is 16.5. The lowest BCUT2D eigenvalue weighted by atomic mass is 10.00. The van der Waals surface area contributed by atoms with E-state index in [0.29, 0.717) is 54.9 Å². The summed E-state index contributed by atoms with van der Waals surface area (Å²) in [6.45, 7) is 1.80. The molecule has 7 nitrogen and oxygen atoms in total. The van der Waals surface area contributed by atoms with E-state index in [9.17, 15) is 0 Å². The largest absolute Gasteiger partial charge is 0.491 e. The Morgan fingerprint density at radius 2 is 1.72 bits per heavy atom. The minimum atomic E-state index is 0.377. The number of terminal acetylenes is 1. The number of methoxy groups -OCH3 is 2. The second-order valence-electron chi connectivity index (χ2n) is 6.16. The summed E-state index contributed by atoms with van der Waals surface area (Å²) in [7, 11) is 3.24. The van der Waals surface area contributed by atoms with Crippen molar-refractivity contribution >= 4 is 16.6 Å². The van der Waals surface area contributed by atoms with Crippen LogP contribution in [0.4, 0.5) is 5.69 Å². The number of hydrogen-bond acceptors (Lipinski definition) is 7. The Morgan fingerprint density at radius 1 is 0.966 bits per heavy atom. The third-order valence-corrected chi connectivity index (χ3v) is 4.27. The minimum Gasteiger partial charge on any atom is -0.491 e. The topological polar surface area (TPSA) is 88.7 Å². The Balaban J connectivity index is 2.02. The molecule has 2 aromatic carbocycles. The summed E-state index contributed by atoms with van der Waals surface area (Å²) >= 11 is 0. The van der Waals surface area contributed by atoms with Crippen molar-refractivity contribution in [2.75, 3.05) is 46.4 Å². The van der Waals surface area contributed by atoms with Crippen molar-refractivity contribution in [2.24, 2.45) is 0 Å². The summed E-state index contributed by atoms with van der Waals surface area (Å²) in [5.74, 6) is 3.92. The second-order valence-corrected chi connectivity index (χ2v) is 6.16. The third-order valence-electron chi connectivity index (χ3n) is 4.27. The molecule has 0 saturated heterocycles. The lowest BCUT2D eigenvalue weighted by Gasteiger charge is -2.14. The van der Waals surface area contributed by atoms with E-state index in [2.05, 4.69) is 15.9 Å². The first-order valence-corrected chi connectivity index (χ1v) is 9.06. The molecule has 1 aromatic heterocycles. The summed E-state index contributed by atoms with van der Waals surface area (Å²) in [6.07, 6.45) is 7.22. The van der Waals surface area contributed by atoms with Gasteiger partial charge in [0.2, 0.25) is 0 Å². The SMILES string of the molecule is C#Cc1cc(N)c(OCCOC)cc1-c1ncnc2cc(OCCOC)ccc12. The fourth-order valence-electron chi connectivity index (χ4n) is 2.86. The predicted molar refractivity (Wildman–Crippen MR) is 112 cm³/mol. The van der Waals surface area contributed by atoms with Crippen molar-refractivity contribution in [1.29, 1.82) is 0 Å². The van der Waals surface area contributed by atoms with Crippen LogP contribution >= 0.6 is 0 Å². The first-order valence-electron chi connectivity index (χ1n) is 9.06. The average molecular weight is 393 g/mol. The van der Waals surface area contributed by atoms with Crippen LogP contribution in [0.1, 0.15) is 5.56 Å². The number of hydrogen-bond donors (Lipinski definition) is 1. The molecule has 0 spiro atoms. The van der Waals surface area contributed by atoms with Crippen LogP contribution in [0.2, 0.25) is 0 Å². The van der Waals surface area contributed by atoms with Gasteiger partial charge in [-0.1, -0.05) is 5.92 Å². The van der Waals surface area contributed by atoms with E-state index in [1.54, 1.807) is 20.3 Å². The molecule has 1 heterocycles. The number of nitrogens with zero attached hydrogens (tertiary/aromatic N) is 2. The number of fused-ring (bicyclic) bond motifs is 1. The summed E-state index contributed by atoms with van der Waals surface area (Å²) in [6, 6.07) is 9.17. The van der Waals surface area contributed by atoms with E-state index < -0.39 is 0 Å². The minimum absolute atomic E-state index is 0.377. The number of anilines is 1. The number of aromatic nitrogens is 2. The molecule has 0 aliphatic rings. The molecule has 0 aliphatic carbocycles. The van der Waals surface area contributed by atoms with Gasteiger partial charge in [0.25, 0.3) is 0 Å². The van der Waals surface area contributed by atoms with Crippen molar-refractivity contribution in [1.82, 2.24) is 9.97 Å². The zero-order valence-electron chi connectivity index (χ0n) is 16.5. The smallest absolute Gasteiger partial charge is 0.143 e. The number of nitrogen functional groups attached to an aromatic ring is 1. The fourth-order valence-corrected chi connectivity index (χ4v) is 2.86. The molecule has 150 valence electrons. The molecular formula is C22H23N3O4. The molecule has 0 unspecified atom stereocenters. The molecule has 0 amide bonds. The Hall–Kier alpha value is -3.34. The van der Waals surface area contributed by atoms with Crippen LogP contribution in [-0.4, -0.2) is 50.6 Å². The molecule has 0 fully saturated rings. The molecular weight excluding hydrogens is 370 g/mol. The molecule has 29 heavy (non-hydrogen) atoms. The van der Waals surface area contributed by atoms with Crippen molar-refractivity contribution in [2.45, 2.75) is 0 Å². The summed E-state index contributed by atoms with van der Waals surface area (Å²) < 4.78 is 21.4. The average Bonchev–Trinajstić information content (AvgIpc) is 2.74. The maximum atomic E-state index is 6.10. The third kappa shape index (κ3) is 4.74. The summed E-state index contributed by atoms with van der Waals surface area (Å²) in [5.41, 5.74) is 9.37. The van der Waals surface area contributed by atoms with Gasteiger partial charge in [0.05, 0.1) is 30.1 Å². The molecule has 0 bridgehead atoms. The van der Waals surface area contributed by atoms with Crippen molar-refractivity contribution in [3.8, 4) is 35.1 Å². The zero-order valence-corrected chi connectivity index (χ0v) is 16.5. The lowest BCUT2D eigenvalue weighted by molar-refractivity contribution is 0.146. The highest BCUT2D eigenvalue weighted by Gasteiger charge is 2.14. The highest BCUT2D eigenvalue weighted by molar-refractivity contribution is 5.95. The van der Waals surface area contributed by atoms with Crippen LogP contribution < -0.4 is 15.2 Å². The van der Waals surface area contributed by atoms with Crippen LogP contribution in [0.25, 0.3) is 22.2 Å². The molecule has 3 aromatic rings. The van der Waals surface area contributed by atoms with E-state index >= 15 is 0 Å². The van der Waals surface area contributed by atoms with Crippen LogP contribution in [0.15, 0.2) is 36.7 Å². The van der Waals surface area contributed by atoms with Gasteiger partial charge in [0.15, 0.2) is 0 Å². The van der Waals surface area contributed by atoms with Gasteiger partial charge in [-0.15, -0.1) is 6.42 Å². The van der Waals surface area contributed by atoms with Gasteiger partial charge >= 0.3 is 0 Å². The Bertz CT molecular complexity index is 1030. The molecule has 7 heteroatoms. The standard InChI is InChI=1S/C22H23N3O4/c1-4-15-11-19(23)21(29-10-8-27-3)13-18(15)22-17-6-5-16(28-9-7-26-2)12-20(17)24-14-25-22/h1,5-6,11-14H,7-10,23H2,2-3H3. The Labute approximate surface area is 169 Å². The number of rotatable bonds is 9. The molecule has 0 radical (unpaired) electrons. The maximum Gasteiger partial charge on any atom is 0.143 e. The van der Waals surface area contributed by atoms with E-state index in [1.807, 2.05) is 24.3 Å². The molecule has 0 aliphatic heterocycles. The van der Waals surface area contributed by atoms with Crippen LogP contribution in [0.3, 0.4) is 0 Å². The van der Waals surface area contributed by atoms with E-state index in [-0.39, 0.29) is 0 Å². The van der Waals surface area contributed by atoms with E-state index in [4.69, 9.17) is 31.1 Å². The van der Waals surface area contributed by atoms with Crippen LogP contribution in [0.5, 0.6) is 11.5 Å². The molecule has 0 saturated carbocycles. The zero-order chi connectivity index (χ0) is 20.6. The molecule has 3 rings (SSSR count). The van der Waals surface area contributed by atoms with E-state index in [0.717, 1.165) is 16.5 Å². The lowest BCUT2D eigenvalue weighted by Crippen LogP contribution is -2.06. The van der Waals surface area contributed by atoms with Crippen molar-refractivity contribution < 1.29 is 18.9 Å². The van der Waals surface area contributed by atoms with E-state index in [1.165, 1.54) is 6.33 Å². The van der Waals surface area contributed by atoms with Gasteiger partial charge < -0.3 is 24.7 Å². The summed E-state index contributed by atoms with van der Waals surface area (Å²) in [4.78, 5) is 8.84. The van der Waals surface area contributed by atoms with Gasteiger partial charge in [0.1, 0.15) is 31.0 Å². The van der Waals surface area contributed by atoms with Gasteiger partial charge in [-0.2, -0.15) is 0 Å². The van der Waals surface area contributed by atoms with Gasteiger partial charge in [-0.25, -0.2) is 9.97 Å². The Morgan fingerprint density at radius 3 is 2.45 bits per heavy atom. The number of nitrogens with two attached hydrogens (primary N) is 1. The molecule has 0 atom stereocenters. The van der Waals surface area contributed by atoms with Crippen molar-refractivity contribution in [3.05, 3.63) is 42.2 Å². The highest BCUT2D eigenvalue weighted by Crippen LogP contribution is 2.35. The van der Waals surface area contributed by atoms with Gasteiger partial charge in [-0.3, -0.25) is 0 Å². The first-order chi connectivity index (χ1) is 14.2. The normalized spacial score (nSPS) is 10.7. The monoisotopic (exact) mass is 393 g/mol. The van der Waals surface area contributed by atoms with Gasteiger partial charge in [0, 0.05) is 36.8 Å². The van der Waals surface area contributed by atoms with Crippen LogP contribution in [0, 0.1) is 12.3 Å². The predicted octanol–water partition coefficient (Wildman–Crippen LogP) is 2.91.